The monoisotopic (exact) mass is 412 g/mol. The van der Waals surface area contributed by atoms with Crippen molar-refractivity contribution in [1.29, 1.82) is 0 Å². The average molecular weight is 412 g/mol. The van der Waals surface area contributed by atoms with Gasteiger partial charge in [-0.3, -0.25) is 9.10 Å². The number of halogens is 1. The smallest absolute Gasteiger partial charge is 0.264 e. The number of nitrogens with one attached hydrogen (secondary N) is 1. The molecule has 0 aliphatic carbocycles. The third-order valence-corrected chi connectivity index (χ3v) is 6.28. The molecule has 0 aromatic heterocycles. The summed E-state index contributed by atoms with van der Waals surface area (Å²) in [4.78, 5) is 12.4. The number of nitrogens with zero attached hydrogens (tertiary/aromatic N) is 1. The van der Waals surface area contributed by atoms with Crippen LogP contribution in [0.3, 0.4) is 0 Å². The molecule has 1 N–H and O–H groups in total. The fourth-order valence-corrected chi connectivity index (χ4v) is 4.02. The van der Waals surface area contributed by atoms with Crippen LogP contribution in [0, 0.1) is 5.82 Å². The number of benzene rings is 3. The Hall–Kier alpha value is -3.19. The van der Waals surface area contributed by atoms with E-state index in [1.807, 2.05) is 6.07 Å². The number of hydrogen-bond acceptors (Lipinski definition) is 3. The summed E-state index contributed by atoms with van der Waals surface area (Å²) in [5, 5.41) is 2.75. The zero-order chi connectivity index (χ0) is 20.9. The molecular weight excluding hydrogens is 391 g/mol. The van der Waals surface area contributed by atoms with Crippen LogP contribution in [0.1, 0.15) is 15.9 Å². The fraction of sp³-hybridized carbons (Fsp3) is 0.136. The van der Waals surface area contributed by atoms with Crippen molar-refractivity contribution in [2.45, 2.75) is 11.3 Å². The maximum Gasteiger partial charge on any atom is 0.264 e. The number of para-hydroxylation sites is 1. The highest BCUT2D eigenvalue weighted by Crippen LogP contribution is 2.21. The van der Waals surface area contributed by atoms with Gasteiger partial charge in [0.25, 0.3) is 15.9 Å². The van der Waals surface area contributed by atoms with Gasteiger partial charge in [0.15, 0.2) is 0 Å². The van der Waals surface area contributed by atoms with Crippen molar-refractivity contribution < 1.29 is 17.6 Å². The molecule has 29 heavy (non-hydrogen) atoms. The molecule has 0 aliphatic heterocycles. The number of sulfonamides is 1. The van der Waals surface area contributed by atoms with Crippen LogP contribution in [0.25, 0.3) is 0 Å². The Kier molecular flexibility index (Phi) is 6.29. The van der Waals surface area contributed by atoms with Crippen molar-refractivity contribution in [2.24, 2.45) is 0 Å². The van der Waals surface area contributed by atoms with Crippen molar-refractivity contribution in [3.63, 3.8) is 0 Å². The maximum absolute atomic E-state index is 13.2. The summed E-state index contributed by atoms with van der Waals surface area (Å²) in [6, 6.07) is 20.7. The predicted octanol–water partition coefficient (Wildman–Crippen LogP) is 3.62. The molecule has 0 bridgehead atoms. The van der Waals surface area contributed by atoms with Crippen molar-refractivity contribution in [1.82, 2.24) is 5.32 Å². The van der Waals surface area contributed by atoms with Crippen molar-refractivity contribution in [2.75, 3.05) is 17.9 Å². The van der Waals surface area contributed by atoms with Gasteiger partial charge in [-0.15, -0.1) is 0 Å². The van der Waals surface area contributed by atoms with E-state index >= 15 is 0 Å². The number of carbonyl (C=O) groups is 1. The molecule has 5 nitrogen and oxygen atoms in total. The SMILES string of the molecule is CN(c1ccccc1)S(=O)(=O)c1ccc(C(=O)NCCc2cccc(F)c2)cc1. The quantitative estimate of drug-likeness (QED) is 0.645. The van der Waals surface area contributed by atoms with Gasteiger partial charge in [0.2, 0.25) is 0 Å². The van der Waals surface area contributed by atoms with Gasteiger partial charge in [-0.05, 0) is 60.5 Å². The van der Waals surface area contributed by atoms with E-state index in [1.54, 1.807) is 36.4 Å². The predicted molar refractivity (Wildman–Crippen MR) is 111 cm³/mol. The van der Waals surface area contributed by atoms with Gasteiger partial charge in [0, 0.05) is 19.2 Å². The molecule has 3 aromatic carbocycles. The Morgan fingerprint density at radius 3 is 2.31 bits per heavy atom. The summed E-state index contributed by atoms with van der Waals surface area (Å²) in [7, 11) is -2.24. The molecule has 1 amide bonds. The second-order valence-electron chi connectivity index (χ2n) is 6.47. The molecule has 0 radical (unpaired) electrons. The van der Waals surface area contributed by atoms with E-state index in [9.17, 15) is 17.6 Å². The van der Waals surface area contributed by atoms with E-state index in [0.29, 0.717) is 24.2 Å². The molecule has 0 saturated carbocycles. The summed E-state index contributed by atoms with van der Waals surface area (Å²) in [6.45, 7) is 0.346. The average Bonchev–Trinajstić information content (AvgIpc) is 2.74. The molecule has 3 rings (SSSR count). The first kappa shape index (κ1) is 20.5. The van der Waals surface area contributed by atoms with Gasteiger partial charge < -0.3 is 5.32 Å². The summed E-state index contributed by atoms with van der Waals surface area (Å²) >= 11 is 0. The first-order chi connectivity index (χ1) is 13.9. The summed E-state index contributed by atoms with van der Waals surface area (Å²) in [5.74, 6) is -0.632. The van der Waals surface area contributed by atoms with E-state index in [0.717, 1.165) is 5.56 Å². The van der Waals surface area contributed by atoms with Gasteiger partial charge in [-0.2, -0.15) is 0 Å². The highest BCUT2D eigenvalue weighted by molar-refractivity contribution is 7.92. The minimum atomic E-state index is -3.73. The Labute approximate surface area is 169 Å². The van der Waals surface area contributed by atoms with Crippen molar-refractivity contribution in [3.05, 3.63) is 95.8 Å². The van der Waals surface area contributed by atoms with Crippen LogP contribution in [-0.2, 0) is 16.4 Å². The Bertz CT molecular complexity index is 1080. The second kappa shape index (κ2) is 8.87. The van der Waals surface area contributed by atoms with E-state index < -0.39 is 10.0 Å². The standard InChI is InChI=1S/C22H21FN2O3S/c1-25(20-8-3-2-4-9-20)29(27,28)21-12-10-18(11-13-21)22(26)24-15-14-17-6-5-7-19(23)16-17/h2-13,16H,14-15H2,1H3,(H,24,26). The number of anilines is 1. The van der Waals surface area contributed by atoms with Gasteiger partial charge >= 0.3 is 0 Å². The zero-order valence-corrected chi connectivity index (χ0v) is 16.7. The third kappa shape index (κ3) is 5.00. The first-order valence-corrected chi connectivity index (χ1v) is 10.5. The van der Waals surface area contributed by atoms with E-state index in [4.69, 9.17) is 0 Å². The Morgan fingerprint density at radius 1 is 0.966 bits per heavy atom. The normalized spacial score (nSPS) is 11.1. The number of carbonyl (C=O) groups excluding carboxylic acids is 1. The molecule has 0 heterocycles. The zero-order valence-electron chi connectivity index (χ0n) is 15.9. The van der Waals surface area contributed by atoms with Crippen LogP contribution in [0.5, 0.6) is 0 Å². The van der Waals surface area contributed by atoms with Gasteiger partial charge in [0.1, 0.15) is 5.82 Å². The van der Waals surface area contributed by atoms with Crippen LogP contribution in [0.4, 0.5) is 10.1 Å². The number of hydrogen-bond donors (Lipinski definition) is 1. The van der Waals surface area contributed by atoms with Gasteiger partial charge in [0.05, 0.1) is 10.6 Å². The number of rotatable bonds is 7. The topological polar surface area (TPSA) is 66.5 Å². The minimum absolute atomic E-state index is 0.0974. The molecule has 150 valence electrons. The lowest BCUT2D eigenvalue weighted by Crippen LogP contribution is -2.27. The lowest BCUT2D eigenvalue weighted by Gasteiger charge is -2.19. The molecule has 0 saturated heterocycles. The van der Waals surface area contributed by atoms with Crippen LogP contribution >= 0.6 is 0 Å². The van der Waals surface area contributed by atoms with Crippen molar-refractivity contribution >= 4 is 21.6 Å². The molecule has 3 aromatic rings. The second-order valence-corrected chi connectivity index (χ2v) is 8.44. The summed E-state index contributed by atoms with van der Waals surface area (Å²) < 4.78 is 39.9. The molecule has 0 atom stereocenters. The largest absolute Gasteiger partial charge is 0.352 e. The molecule has 0 unspecified atom stereocenters. The molecule has 0 aliphatic rings. The molecular formula is C22H21FN2O3S. The van der Waals surface area contributed by atoms with Gasteiger partial charge in [-0.1, -0.05) is 30.3 Å². The molecule has 0 fully saturated rings. The summed E-state index contributed by atoms with van der Waals surface area (Å²) in [5.41, 5.74) is 1.69. The minimum Gasteiger partial charge on any atom is -0.352 e. The van der Waals surface area contributed by atoms with Gasteiger partial charge in [-0.25, -0.2) is 12.8 Å². The lowest BCUT2D eigenvalue weighted by molar-refractivity contribution is 0.0954. The summed E-state index contributed by atoms with van der Waals surface area (Å²) in [6.07, 6.45) is 0.498. The third-order valence-electron chi connectivity index (χ3n) is 4.48. The van der Waals surface area contributed by atoms with E-state index in [-0.39, 0.29) is 16.6 Å². The fourth-order valence-electron chi connectivity index (χ4n) is 2.83. The Morgan fingerprint density at radius 2 is 1.66 bits per heavy atom. The maximum atomic E-state index is 13.2. The van der Waals surface area contributed by atoms with Crippen LogP contribution in [0.2, 0.25) is 0 Å². The van der Waals surface area contributed by atoms with Crippen LogP contribution in [0.15, 0.2) is 83.8 Å². The number of amides is 1. The lowest BCUT2D eigenvalue weighted by atomic mass is 10.1. The highest BCUT2D eigenvalue weighted by atomic mass is 32.2. The highest BCUT2D eigenvalue weighted by Gasteiger charge is 2.21. The van der Waals surface area contributed by atoms with E-state index in [2.05, 4.69) is 5.32 Å². The van der Waals surface area contributed by atoms with Crippen LogP contribution < -0.4 is 9.62 Å². The van der Waals surface area contributed by atoms with Crippen molar-refractivity contribution in [3.8, 4) is 0 Å². The Balaban J connectivity index is 1.63. The molecule has 0 spiro atoms. The van der Waals surface area contributed by atoms with E-state index in [1.165, 1.54) is 47.8 Å². The first-order valence-electron chi connectivity index (χ1n) is 9.04. The van der Waals surface area contributed by atoms with Crippen LogP contribution in [-0.4, -0.2) is 27.9 Å². The molecule has 7 heteroatoms.